The molecule has 9 nitrogen and oxygen atoms in total. The lowest BCUT2D eigenvalue weighted by molar-refractivity contribution is -0.122. The maximum atomic E-state index is 12.4. The third kappa shape index (κ3) is 5.47. The molecule has 2 atom stereocenters. The maximum absolute atomic E-state index is 12.4. The van der Waals surface area contributed by atoms with E-state index < -0.39 is 0 Å². The van der Waals surface area contributed by atoms with Crippen LogP contribution in [0.25, 0.3) is 34.4 Å². The van der Waals surface area contributed by atoms with Crippen LogP contribution in [0.1, 0.15) is 46.2 Å². The number of carbonyl (C=O) groups is 3. The number of carbonyl (C=O) groups excluding carboxylic acids is 3. The van der Waals surface area contributed by atoms with Crippen molar-refractivity contribution in [2.45, 2.75) is 26.3 Å². The molecule has 2 aliphatic rings. The molecule has 1 N–H and O–H groups in total. The van der Waals surface area contributed by atoms with Gasteiger partial charge in [0.15, 0.2) is 11.4 Å². The summed E-state index contributed by atoms with van der Waals surface area (Å²) < 4.78 is 1.88. The van der Waals surface area contributed by atoms with E-state index in [2.05, 4.69) is 25.3 Å². The van der Waals surface area contributed by atoms with E-state index in [-0.39, 0.29) is 29.3 Å². The maximum Gasteiger partial charge on any atom is 0.269 e. The van der Waals surface area contributed by atoms with Crippen LogP contribution in [0.2, 0.25) is 5.02 Å². The monoisotopic (exact) mass is 590 g/mol. The van der Waals surface area contributed by atoms with E-state index in [1.54, 1.807) is 24.7 Å². The van der Waals surface area contributed by atoms with Crippen molar-refractivity contribution in [1.82, 2.24) is 29.8 Å². The summed E-state index contributed by atoms with van der Waals surface area (Å²) >= 11 is 5.82. The van der Waals surface area contributed by atoms with Gasteiger partial charge in [-0.05, 0) is 45.3 Å². The average molecular weight is 591 g/mol. The zero-order valence-corrected chi connectivity index (χ0v) is 24.2. The van der Waals surface area contributed by atoms with Crippen molar-refractivity contribution in [2.75, 3.05) is 6.54 Å². The molecule has 214 valence electrons. The smallest absolute Gasteiger partial charge is 0.269 e. The Bertz CT molecular complexity index is 2040. The van der Waals surface area contributed by atoms with Gasteiger partial charge in [-0.3, -0.25) is 19.4 Å². The number of aromatic nitrogens is 5. The Labute approximate surface area is 252 Å². The topological polar surface area (TPSA) is 120 Å². The number of hydrogen-bond acceptors (Lipinski definition) is 7. The Balaban J connectivity index is 0.000000153. The lowest BCUT2D eigenvalue weighted by atomic mass is 9.79. The van der Waals surface area contributed by atoms with E-state index >= 15 is 0 Å². The third-order valence-corrected chi connectivity index (χ3v) is 7.97. The van der Waals surface area contributed by atoms with Crippen LogP contribution in [0, 0.1) is 5.92 Å². The van der Waals surface area contributed by atoms with Gasteiger partial charge in [0, 0.05) is 41.7 Å². The van der Waals surface area contributed by atoms with Crippen LogP contribution in [0.15, 0.2) is 73.6 Å². The van der Waals surface area contributed by atoms with Gasteiger partial charge >= 0.3 is 0 Å². The van der Waals surface area contributed by atoms with Gasteiger partial charge in [-0.25, -0.2) is 15.0 Å². The fourth-order valence-electron chi connectivity index (χ4n) is 5.52. The van der Waals surface area contributed by atoms with E-state index in [0.29, 0.717) is 29.5 Å². The van der Waals surface area contributed by atoms with E-state index in [9.17, 15) is 14.4 Å². The van der Waals surface area contributed by atoms with Crippen molar-refractivity contribution in [3.63, 3.8) is 0 Å². The van der Waals surface area contributed by atoms with Crippen LogP contribution in [0.3, 0.4) is 0 Å². The Kier molecular flexibility index (Phi) is 7.65. The van der Waals surface area contributed by atoms with Crippen LogP contribution in [-0.4, -0.2) is 48.5 Å². The molecule has 43 heavy (non-hydrogen) atoms. The molecule has 0 saturated carbocycles. The van der Waals surface area contributed by atoms with Gasteiger partial charge in [0.1, 0.15) is 23.3 Å². The molecule has 2 aliphatic carbocycles. The number of hydrogen-bond donors (Lipinski definition) is 1. The Hall–Kier alpha value is -5.02. The number of pyridine rings is 1. The van der Waals surface area contributed by atoms with Crippen molar-refractivity contribution >= 4 is 52.4 Å². The Morgan fingerprint density at radius 3 is 2.60 bits per heavy atom. The van der Waals surface area contributed by atoms with Crippen molar-refractivity contribution in [1.29, 1.82) is 0 Å². The molecule has 1 amide bonds. The molecule has 3 heterocycles. The fourth-order valence-corrected chi connectivity index (χ4v) is 5.68. The van der Waals surface area contributed by atoms with Crippen molar-refractivity contribution in [2.24, 2.45) is 5.92 Å². The molecule has 2 aromatic carbocycles. The summed E-state index contributed by atoms with van der Waals surface area (Å²) in [6, 6.07) is 14.9. The predicted molar refractivity (Wildman–Crippen MR) is 164 cm³/mol. The minimum Gasteiger partial charge on any atom is -0.349 e. The number of Topliss-reactive ketones (excluding diaryl/α,β-unsaturated/α-hetero) is 2. The molecule has 0 spiro atoms. The first-order valence-corrected chi connectivity index (χ1v) is 14.2. The molecular weight excluding hydrogens is 564 g/mol. The predicted octanol–water partition coefficient (Wildman–Crippen LogP) is 3.74. The summed E-state index contributed by atoms with van der Waals surface area (Å²) in [6.07, 6.45) is 10.0. The van der Waals surface area contributed by atoms with Crippen molar-refractivity contribution < 1.29 is 14.4 Å². The molecule has 0 fully saturated rings. The van der Waals surface area contributed by atoms with E-state index in [1.807, 2.05) is 60.9 Å². The summed E-state index contributed by atoms with van der Waals surface area (Å²) in [5, 5.41) is 5.28. The largest absolute Gasteiger partial charge is 0.349 e. The summed E-state index contributed by atoms with van der Waals surface area (Å²) in [4.78, 5) is 52.7. The molecule has 10 heteroatoms. The number of ketones is 2. The molecule has 2 unspecified atom stereocenters. The highest BCUT2D eigenvalue weighted by molar-refractivity contribution is 6.30. The number of benzene rings is 2. The normalized spacial score (nSPS) is 16.5. The van der Waals surface area contributed by atoms with Gasteiger partial charge in [0.25, 0.3) is 5.91 Å². The van der Waals surface area contributed by atoms with Crippen LogP contribution in [-0.2, 0) is 11.3 Å². The SMILES string of the molecule is CC1C=c2c(ccc3c2=CC(=O)c2ccccc2-3)C(C)C1=O.O=C(NCCn1cnc2ncncc21)c1cc(Cl)ccn1. The van der Waals surface area contributed by atoms with Gasteiger partial charge in [-0.2, -0.15) is 0 Å². The van der Waals surface area contributed by atoms with Gasteiger partial charge in [-0.1, -0.05) is 67.9 Å². The molecule has 5 aromatic rings. The zero-order chi connectivity index (χ0) is 30.1. The Morgan fingerprint density at radius 1 is 0.977 bits per heavy atom. The zero-order valence-electron chi connectivity index (χ0n) is 23.5. The van der Waals surface area contributed by atoms with Crippen LogP contribution in [0.4, 0.5) is 0 Å². The van der Waals surface area contributed by atoms with Gasteiger partial charge < -0.3 is 9.88 Å². The minimum absolute atomic E-state index is 0.0436. The first-order valence-electron chi connectivity index (χ1n) is 13.9. The number of amides is 1. The summed E-state index contributed by atoms with van der Waals surface area (Å²) in [5.41, 5.74) is 5.60. The molecule has 0 aliphatic heterocycles. The first kappa shape index (κ1) is 28.1. The number of fused-ring (bicyclic) bond motifs is 6. The number of imidazole rings is 1. The summed E-state index contributed by atoms with van der Waals surface area (Å²) in [5.74, 6) is -0.189. The number of nitrogens with one attached hydrogen (secondary N) is 1. The Morgan fingerprint density at radius 2 is 1.79 bits per heavy atom. The second-order valence-corrected chi connectivity index (χ2v) is 10.9. The molecular formula is C33H27ClN6O3. The lowest BCUT2D eigenvalue weighted by Gasteiger charge is -2.23. The fraction of sp³-hybridized carbons (Fsp3) is 0.182. The number of halogens is 1. The van der Waals surface area contributed by atoms with Crippen LogP contribution < -0.4 is 15.8 Å². The standard InChI is InChI=1S/C20H16O2.C13H11ClN6O/c1-11-9-17-13(12(2)20(11)22)7-8-15-14-5-3-4-6-16(14)19(21)10-18(15)17;14-9-1-2-16-10(5-9)13(21)17-3-4-20-8-19-12-11(20)6-15-7-18-12/h3-12H,1-2H3;1-2,5-8H,3-4H2,(H,17,21). The van der Waals surface area contributed by atoms with Crippen molar-refractivity contribution in [3.8, 4) is 11.1 Å². The second-order valence-electron chi connectivity index (χ2n) is 10.4. The minimum atomic E-state index is -0.266. The highest BCUT2D eigenvalue weighted by atomic mass is 35.5. The summed E-state index contributed by atoms with van der Waals surface area (Å²) in [6.45, 7) is 4.89. The first-order chi connectivity index (χ1) is 20.8. The van der Waals surface area contributed by atoms with Crippen LogP contribution in [0.5, 0.6) is 0 Å². The van der Waals surface area contributed by atoms with Gasteiger partial charge in [0.2, 0.25) is 0 Å². The molecule has 0 saturated heterocycles. The molecule has 7 rings (SSSR count). The second kappa shape index (κ2) is 11.7. The van der Waals surface area contributed by atoms with E-state index in [0.717, 1.165) is 38.2 Å². The van der Waals surface area contributed by atoms with E-state index in [4.69, 9.17) is 11.6 Å². The quantitative estimate of drug-likeness (QED) is 0.339. The lowest BCUT2D eigenvalue weighted by Crippen LogP contribution is -2.40. The van der Waals surface area contributed by atoms with Crippen molar-refractivity contribution in [3.05, 3.63) is 106 Å². The molecule has 3 aromatic heterocycles. The number of nitrogens with zero attached hydrogens (tertiary/aromatic N) is 5. The highest BCUT2D eigenvalue weighted by Gasteiger charge is 2.27. The molecule has 0 bridgehead atoms. The van der Waals surface area contributed by atoms with E-state index in [1.165, 1.54) is 18.6 Å². The number of rotatable bonds is 4. The van der Waals surface area contributed by atoms with Gasteiger partial charge in [0.05, 0.1) is 12.5 Å². The highest BCUT2D eigenvalue weighted by Crippen LogP contribution is 2.27. The van der Waals surface area contributed by atoms with Gasteiger partial charge in [-0.15, -0.1) is 0 Å². The average Bonchev–Trinajstić information content (AvgIpc) is 3.43. The molecule has 0 radical (unpaired) electrons. The summed E-state index contributed by atoms with van der Waals surface area (Å²) in [7, 11) is 0. The third-order valence-electron chi connectivity index (χ3n) is 7.73. The van der Waals surface area contributed by atoms with Crippen LogP contribution >= 0.6 is 11.6 Å².